The smallest absolute Gasteiger partial charge is 0.320 e. The summed E-state index contributed by atoms with van der Waals surface area (Å²) in [4.78, 5) is 18.6. The lowest BCUT2D eigenvalue weighted by Crippen LogP contribution is -2.34. The number of benzene rings is 1. The molecule has 0 aliphatic carbocycles. The van der Waals surface area contributed by atoms with Gasteiger partial charge in [0, 0.05) is 25.8 Å². The van der Waals surface area contributed by atoms with Gasteiger partial charge in [0.25, 0.3) is 0 Å². The molecule has 0 unspecified atom stereocenters. The fraction of sp³-hybridized carbons (Fsp3) is 0.368. The molecule has 5 nitrogen and oxygen atoms in total. The third-order valence-corrected chi connectivity index (χ3v) is 4.41. The number of pyridine rings is 1. The molecule has 1 fully saturated rings. The van der Waals surface area contributed by atoms with Crippen LogP contribution in [0, 0.1) is 12.8 Å². The Bertz CT molecular complexity index is 674. The Kier molecular flexibility index (Phi) is 5.43. The van der Waals surface area contributed by atoms with Gasteiger partial charge >= 0.3 is 6.03 Å². The summed E-state index contributed by atoms with van der Waals surface area (Å²) in [5, 5.41) is 5.78. The second-order valence-corrected chi connectivity index (χ2v) is 6.38. The number of aryl methyl sites for hydroxylation is 1. The van der Waals surface area contributed by atoms with E-state index in [4.69, 9.17) is 0 Å². The fourth-order valence-electron chi connectivity index (χ4n) is 3.07. The van der Waals surface area contributed by atoms with E-state index in [1.807, 2.05) is 25.1 Å². The van der Waals surface area contributed by atoms with Crippen LogP contribution in [0.5, 0.6) is 0 Å². The Morgan fingerprint density at radius 1 is 1.25 bits per heavy atom. The lowest BCUT2D eigenvalue weighted by molar-refractivity contribution is 0.249. The zero-order valence-electron chi connectivity index (χ0n) is 14.0. The molecular weight excluding hydrogens is 300 g/mol. The summed E-state index contributed by atoms with van der Waals surface area (Å²) in [6, 6.07) is 14.1. The van der Waals surface area contributed by atoms with Crippen molar-refractivity contribution in [2.45, 2.75) is 19.9 Å². The third kappa shape index (κ3) is 4.55. The number of hydrogen-bond donors (Lipinski definition) is 2. The lowest BCUT2D eigenvalue weighted by atomic mass is 10.1. The molecule has 1 aromatic carbocycles. The standard InChI is InChI=1S/C19H24N4O/c1-15-6-5-10-20-18(15)22-19(24)21-12-17-9-11-23(14-17)13-16-7-3-2-4-8-16/h2-8,10,17H,9,11-14H2,1H3,(H2,20,21,22,24)/t17-/m1/s1. The number of hydrogen-bond acceptors (Lipinski definition) is 3. The van der Waals surface area contributed by atoms with Crippen LogP contribution in [-0.4, -0.2) is 35.5 Å². The first-order valence-corrected chi connectivity index (χ1v) is 8.43. The minimum Gasteiger partial charge on any atom is -0.338 e. The monoisotopic (exact) mass is 324 g/mol. The van der Waals surface area contributed by atoms with E-state index in [0.717, 1.165) is 31.6 Å². The van der Waals surface area contributed by atoms with Crippen molar-refractivity contribution in [2.24, 2.45) is 5.92 Å². The second-order valence-electron chi connectivity index (χ2n) is 6.38. The van der Waals surface area contributed by atoms with Crippen molar-refractivity contribution in [3.63, 3.8) is 0 Å². The van der Waals surface area contributed by atoms with Gasteiger partial charge < -0.3 is 5.32 Å². The molecular formula is C19H24N4O. The van der Waals surface area contributed by atoms with Gasteiger partial charge in [-0.05, 0) is 43.0 Å². The topological polar surface area (TPSA) is 57.3 Å². The van der Waals surface area contributed by atoms with Crippen molar-refractivity contribution >= 4 is 11.8 Å². The summed E-state index contributed by atoms with van der Waals surface area (Å²) >= 11 is 0. The highest BCUT2D eigenvalue weighted by atomic mass is 16.2. The summed E-state index contributed by atoms with van der Waals surface area (Å²) in [7, 11) is 0. The van der Waals surface area contributed by atoms with Crippen molar-refractivity contribution in [3.05, 3.63) is 59.8 Å². The van der Waals surface area contributed by atoms with Crippen molar-refractivity contribution in [1.82, 2.24) is 15.2 Å². The molecule has 2 heterocycles. The highest BCUT2D eigenvalue weighted by molar-refractivity contribution is 5.88. The first-order chi connectivity index (χ1) is 11.7. The van der Waals surface area contributed by atoms with Gasteiger partial charge in [0.15, 0.2) is 0 Å². The largest absolute Gasteiger partial charge is 0.338 e. The van der Waals surface area contributed by atoms with Crippen LogP contribution in [0.15, 0.2) is 48.7 Å². The maximum absolute atomic E-state index is 12.0. The number of nitrogens with zero attached hydrogens (tertiary/aromatic N) is 2. The molecule has 2 N–H and O–H groups in total. The number of rotatable bonds is 5. The van der Waals surface area contributed by atoms with Crippen LogP contribution in [-0.2, 0) is 6.54 Å². The van der Waals surface area contributed by atoms with E-state index >= 15 is 0 Å². The first kappa shape index (κ1) is 16.5. The number of anilines is 1. The number of amides is 2. The third-order valence-electron chi connectivity index (χ3n) is 4.41. The number of nitrogens with one attached hydrogen (secondary N) is 2. The Hall–Kier alpha value is -2.40. The Morgan fingerprint density at radius 3 is 2.88 bits per heavy atom. The summed E-state index contributed by atoms with van der Waals surface area (Å²) in [6.45, 7) is 5.72. The summed E-state index contributed by atoms with van der Waals surface area (Å²) in [6.07, 6.45) is 2.80. The first-order valence-electron chi connectivity index (χ1n) is 8.43. The second kappa shape index (κ2) is 7.93. The van der Waals surface area contributed by atoms with E-state index in [-0.39, 0.29) is 6.03 Å². The van der Waals surface area contributed by atoms with Crippen LogP contribution in [0.3, 0.4) is 0 Å². The highest BCUT2D eigenvalue weighted by Crippen LogP contribution is 2.18. The van der Waals surface area contributed by atoms with Crippen LogP contribution in [0.1, 0.15) is 17.5 Å². The minimum absolute atomic E-state index is 0.182. The average Bonchev–Trinajstić information content (AvgIpc) is 3.03. The molecule has 1 saturated heterocycles. The Labute approximate surface area is 143 Å². The van der Waals surface area contributed by atoms with Gasteiger partial charge in [0.2, 0.25) is 0 Å². The quantitative estimate of drug-likeness (QED) is 0.889. The lowest BCUT2D eigenvalue weighted by Gasteiger charge is -2.16. The summed E-state index contributed by atoms with van der Waals surface area (Å²) in [5.41, 5.74) is 2.30. The minimum atomic E-state index is -0.182. The molecule has 126 valence electrons. The van der Waals surface area contributed by atoms with E-state index in [9.17, 15) is 4.79 Å². The van der Waals surface area contributed by atoms with Gasteiger partial charge in [-0.2, -0.15) is 0 Å². The summed E-state index contributed by atoms with van der Waals surface area (Å²) < 4.78 is 0. The molecule has 1 atom stereocenters. The molecule has 24 heavy (non-hydrogen) atoms. The number of aromatic nitrogens is 1. The van der Waals surface area contributed by atoms with Crippen molar-refractivity contribution in [1.29, 1.82) is 0 Å². The fourth-order valence-corrected chi connectivity index (χ4v) is 3.07. The van der Waals surface area contributed by atoms with Crippen LogP contribution in [0.2, 0.25) is 0 Å². The Balaban J connectivity index is 1.41. The van der Waals surface area contributed by atoms with Gasteiger partial charge in [-0.15, -0.1) is 0 Å². The van der Waals surface area contributed by atoms with Gasteiger partial charge in [0.05, 0.1) is 0 Å². The van der Waals surface area contributed by atoms with E-state index in [0.29, 0.717) is 18.3 Å². The predicted molar refractivity (Wildman–Crippen MR) is 95.8 cm³/mol. The zero-order valence-corrected chi connectivity index (χ0v) is 14.0. The average molecular weight is 324 g/mol. The van der Waals surface area contributed by atoms with Crippen LogP contribution in [0.25, 0.3) is 0 Å². The van der Waals surface area contributed by atoms with Crippen molar-refractivity contribution in [2.75, 3.05) is 25.0 Å². The van der Waals surface area contributed by atoms with Crippen molar-refractivity contribution < 1.29 is 4.79 Å². The number of carbonyl (C=O) groups is 1. The van der Waals surface area contributed by atoms with Crippen LogP contribution in [0.4, 0.5) is 10.6 Å². The van der Waals surface area contributed by atoms with Crippen LogP contribution < -0.4 is 10.6 Å². The van der Waals surface area contributed by atoms with Crippen molar-refractivity contribution in [3.8, 4) is 0 Å². The van der Waals surface area contributed by atoms with Crippen LogP contribution >= 0.6 is 0 Å². The van der Waals surface area contributed by atoms with E-state index in [1.54, 1.807) is 6.20 Å². The maximum atomic E-state index is 12.0. The molecule has 1 aromatic heterocycles. The van der Waals surface area contributed by atoms with E-state index in [1.165, 1.54) is 5.56 Å². The molecule has 0 spiro atoms. The molecule has 1 aliphatic rings. The molecule has 0 bridgehead atoms. The molecule has 2 aromatic rings. The van der Waals surface area contributed by atoms with E-state index in [2.05, 4.69) is 44.8 Å². The highest BCUT2D eigenvalue weighted by Gasteiger charge is 2.22. The maximum Gasteiger partial charge on any atom is 0.320 e. The molecule has 0 radical (unpaired) electrons. The zero-order chi connectivity index (χ0) is 16.8. The molecule has 0 saturated carbocycles. The van der Waals surface area contributed by atoms with E-state index < -0.39 is 0 Å². The number of urea groups is 1. The number of carbonyl (C=O) groups excluding carboxylic acids is 1. The normalized spacial score (nSPS) is 17.6. The molecule has 5 heteroatoms. The van der Waals surface area contributed by atoms with Gasteiger partial charge in [0.1, 0.15) is 5.82 Å². The molecule has 1 aliphatic heterocycles. The Morgan fingerprint density at radius 2 is 2.08 bits per heavy atom. The van der Waals surface area contributed by atoms with Gasteiger partial charge in [-0.3, -0.25) is 10.2 Å². The SMILES string of the molecule is Cc1cccnc1NC(=O)NC[C@H]1CCN(Cc2ccccc2)C1. The number of likely N-dealkylation sites (tertiary alicyclic amines) is 1. The summed E-state index contributed by atoms with van der Waals surface area (Å²) in [5.74, 6) is 1.12. The van der Waals surface area contributed by atoms with Gasteiger partial charge in [-0.25, -0.2) is 9.78 Å². The predicted octanol–water partition coefficient (Wildman–Crippen LogP) is 3.03. The van der Waals surface area contributed by atoms with Gasteiger partial charge in [-0.1, -0.05) is 36.4 Å². The molecule has 3 rings (SSSR count). The molecule has 2 amide bonds.